The fourth-order valence-electron chi connectivity index (χ4n) is 2.98. The summed E-state index contributed by atoms with van der Waals surface area (Å²) in [6.07, 6.45) is 0.427. The standard InChI is InChI=1S/C16H20N2O4S2/c19-6-5-18(14-4-8-24(21,22)11-14)16(20)17-10-12-1-2-15-13(9-12)3-7-23-15/h1-3,7,9,14,19H,4-6,8,10-11H2,(H,17,20)/t14-/m1/s1. The van der Waals surface area contributed by atoms with Gasteiger partial charge in [-0.05, 0) is 40.9 Å². The molecule has 1 aliphatic heterocycles. The number of benzene rings is 1. The van der Waals surface area contributed by atoms with E-state index < -0.39 is 9.84 Å². The summed E-state index contributed by atoms with van der Waals surface area (Å²) in [6.45, 7) is 0.312. The van der Waals surface area contributed by atoms with Crippen LogP contribution in [0, 0.1) is 0 Å². The third kappa shape index (κ3) is 3.88. The maximum atomic E-state index is 12.4. The number of rotatable bonds is 5. The number of nitrogens with one attached hydrogen (secondary N) is 1. The molecule has 1 fully saturated rings. The van der Waals surface area contributed by atoms with E-state index in [9.17, 15) is 18.3 Å². The third-order valence-electron chi connectivity index (χ3n) is 4.21. The molecule has 8 heteroatoms. The lowest BCUT2D eigenvalue weighted by Crippen LogP contribution is -2.47. The van der Waals surface area contributed by atoms with Crippen molar-refractivity contribution in [2.24, 2.45) is 0 Å². The summed E-state index contributed by atoms with van der Waals surface area (Å²) in [5, 5.41) is 15.2. The van der Waals surface area contributed by atoms with Gasteiger partial charge in [0.2, 0.25) is 0 Å². The van der Waals surface area contributed by atoms with Crippen LogP contribution in [0.1, 0.15) is 12.0 Å². The van der Waals surface area contributed by atoms with Crippen LogP contribution in [0.5, 0.6) is 0 Å². The number of urea groups is 1. The van der Waals surface area contributed by atoms with Crippen molar-refractivity contribution in [1.29, 1.82) is 0 Å². The smallest absolute Gasteiger partial charge is 0.318 e. The van der Waals surface area contributed by atoms with E-state index in [2.05, 4.69) is 5.32 Å². The zero-order valence-corrected chi connectivity index (χ0v) is 14.8. The van der Waals surface area contributed by atoms with E-state index in [1.165, 1.54) is 9.60 Å². The molecular formula is C16H20N2O4S2. The normalized spacial score (nSPS) is 19.5. The molecular weight excluding hydrogens is 348 g/mol. The lowest BCUT2D eigenvalue weighted by Gasteiger charge is -2.27. The summed E-state index contributed by atoms with van der Waals surface area (Å²) in [6, 6.07) is 7.36. The van der Waals surface area contributed by atoms with E-state index in [1.54, 1.807) is 11.3 Å². The first-order valence-electron chi connectivity index (χ1n) is 7.80. The Hall–Kier alpha value is -1.64. The average molecular weight is 368 g/mol. The predicted molar refractivity (Wildman–Crippen MR) is 94.9 cm³/mol. The van der Waals surface area contributed by atoms with Crippen molar-refractivity contribution in [3.63, 3.8) is 0 Å². The minimum absolute atomic E-state index is 0.0265. The van der Waals surface area contributed by atoms with Crippen molar-refractivity contribution in [3.05, 3.63) is 35.2 Å². The van der Waals surface area contributed by atoms with Gasteiger partial charge >= 0.3 is 6.03 Å². The third-order valence-corrected chi connectivity index (χ3v) is 6.86. The zero-order chi connectivity index (χ0) is 17.2. The number of nitrogens with zero attached hydrogens (tertiary/aromatic N) is 1. The highest BCUT2D eigenvalue weighted by Crippen LogP contribution is 2.22. The average Bonchev–Trinajstić information content (AvgIpc) is 3.15. The number of carbonyl (C=O) groups excluding carboxylic acids is 1. The molecule has 3 rings (SSSR count). The topological polar surface area (TPSA) is 86.7 Å². The van der Waals surface area contributed by atoms with E-state index in [-0.39, 0.29) is 36.7 Å². The highest BCUT2D eigenvalue weighted by molar-refractivity contribution is 7.91. The fraction of sp³-hybridized carbons (Fsp3) is 0.438. The van der Waals surface area contributed by atoms with Crippen LogP contribution in [0.2, 0.25) is 0 Å². The zero-order valence-electron chi connectivity index (χ0n) is 13.1. The Morgan fingerprint density at radius 1 is 1.38 bits per heavy atom. The molecule has 0 aliphatic carbocycles. The number of aliphatic hydroxyl groups is 1. The number of hydrogen-bond donors (Lipinski definition) is 2. The second kappa shape index (κ2) is 7.08. The van der Waals surface area contributed by atoms with Gasteiger partial charge in [0.1, 0.15) is 0 Å². The van der Waals surface area contributed by atoms with Crippen molar-refractivity contribution < 1.29 is 18.3 Å². The molecule has 0 bridgehead atoms. The molecule has 2 heterocycles. The highest BCUT2D eigenvalue weighted by Gasteiger charge is 2.34. The highest BCUT2D eigenvalue weighted by atomic mass is 32.2. The molecule has 1 aliphatic rings. The molecule has 1 atom stereocenters. The first-order chi connectivity index (χ1) is 11.5. The van der Waals surface area contributed by atoms with Crippen LogP contribution in [-0.4, -0.2) is 55.2 Å². The molecule has 1 saturated heterocycles. The van der Waals surface area contributed by atoms with E-state index in [0.717, 1.165) is 10.9 Å². The largest absolute Gasteiger partial charge is 0.395 e. The van der Waals surface area contributed by atoms with E-state index in [0.29, 0.717) is 13.0 Å². The van der Waals surface area contributed by atoms with Gasteiger partial charge in [-0.3, -0.25) is 0 Å². The molecule has 130 valence electrons. The van der Waals surface area contributed by atoms with Gasteiger partial charge in [-0.2, -0.15) is 0 Å². The van der Waals surface area contributed by atoms with Gasteiger partial charge in [0, 0.05) is 23.8 Å². The molecule has 0 unspecified atom stereocenters. The van der Waals surface area contributed by atoms with Gasteiger partial charge in [0.05, 0.1) is 18.1 Å². The Morgan fingerprint density at radius 2 is 2.21 bits per heavy atom. The summed E-state index contributed by atoms with van der Waals surface area (Å²) in [5.74, 6) is 0.0724. The van der Waals surface area contributed by atoms with Crippen LogP contribution in [0.25, 0.3) is 10.1 Å². The van der Waals surface area contributed by atoms with E-state index in [4.69, 9.17) is 0 Å². The van der Waals surface area contributed by atoms with Crippen LogP contribution in [0.4, 0.5) is 4.79 Å². The minimum atomic E-state index is -3.08. The first-order valence-corrected chi connectivity index (χ1v) is 10.5. The molecule has 2 N–H and O–H groups in total. The Kier molecular flexibility index (Phi) is 5.07. The number of carbonyl (C=O) groups is 1. The maximum absolute atomic E-state index is 12.4. The molecule has 1 aromatic heterocycles. The molecule has 0 radical (unpaired) electrons. The van der Waals surface area contributed by atoms with Crippen LogP contribution < -0.4 is 5.32 Å². The van der Waals surface area contributed by atoms with Crippen LogP contribution in [0.15, 0.2) is 29.6 Å². The van der Waals surface area contributed by atoms with Crippen molar-refractivity contribution in [2.45, 2.75) is 19.0 Å². The van der Waals surface area contributed by atoms with Crippen LogP contribution in [-0.2, 0) is 16.4 Å². The number of amides is 2. The lowest BCUT2D eigenvalue weighted by atomic mass is 10.1. The number of hydrogen-bond acceptors (Lipinski definition) is 5. The molecule has 6 nitrogen and oxygen atoms in total. The quantitative estimate of drug-likeness (QED) is 0.839. The Labute approximate surface area is 145 Å². The molecule has 24 heavy (non-hydrogen) atoms. The van der Waals surface area contributed by atoms with Crippen molar-refractivity contribution in [1.82, 2.24) is 10.2 Å². The molecule has 2 aromatic rings. The van der Waals surface area contributed by atoms with Crippen molar-refractivity contribution >= 4 is 37.3 Å². The number of sulfone groups is 1. The Bertz CT molecular complexity index is 831. The van der Waals surface area contributed by atoms with Crippen molar-refractivity contribution in [3.8, 4) is 0 Å². The summed E-state index contributed by atoms with van der Waals surface area (Å²) >= 11 is 1.67. The van der Waals surface area contributed by atoms with Crippen LogP contribution >= 0.6 is 11.3 Å². The molecule has 0 saturated carbocycles. The van der Waals surface area contributed by atoms with Gasteiger partial charge in [-0.15, -0.1) is 11.3 Å². The first kappa shape index (κ1) is 17.2. The summed E-state index contributed by atoms with van der Waals surface area (Å²) in [4.78, 5) is 13.9. The Morgan fingerprint density at radius 3 is 2.92 bits per heavy atom. The van der Waals surface area contributed by atoms with Gasteiger partial charge in [0.15, 0.2) is 9.84 Å². The minimum Gasteiger partial charge on any atom is -0.395 e. The summed E-state index contributed by atoms with van der Waals surface area (Å²) in [5.41, 5.74) is 0.984. The molecule has 0 spiro atoms. The van der Waals surface area contributed by atoms with Crippen LogP contribution in [0.3, 0.4) is 0 Å². The summed E-state index contributed by atoms with van der Waals surface area (Å²) in [7, 11) is -3.08. The summed E-state index contributed by atoms with van der Waals surface area (Å²) < 4.78 is 24.5. The Balaban J connectivity index is 1.64. The lowest BCUT2D eigenvalue weighted by molar-refractivity contribution is 0.157. The predicted octanol–water partition coefficient (Wildman–Crippen LogP) is 1.59. The second-order valence-corrected chi connectivity index (χ2v) is 9.10. The van der Waals surface area contributed by atoms with Gasteiger partial charge in [-0.1, -0.05) is 6.07 Å². The number of aliphatic hydroxyl groups excluding tert-OH is 1. The fourth-order valence-corrected chi connectivity index (χ4v) is 5.49. The van der Waals surface area contributed by atoms with Gasteiger partial charge in [-0.25, -0.2) is 13.2 Å². The van der Waals surface area contributed by atoms with E-state index in [1.807, 2.05) is 29.6 Å². The number of fused-ring (bicyclic) bond motifs is 1. The monoisotopic (exact) mass is 368 g/mol. The van der Waals surface area contributed by atoms with Gasteiger partial charge < -0.3 is 15.3 Å². The number of thiophene rings is 1. The SMILES string of the molecule is O=C(NCc1ccc2sccc2c1)N(CCO)[C@@H]1CCS(=O)(=O)C1. The van der Waals surface area contributed by atoms with E-state index >= 15 is 0 Å². The van der Waals surface area contributed by atoms with Crippen molar-refractivity contribution in [2.75, 3.05) is 24.7 Å². The maximum Gasteiger partial charge on any atom is 0.318 e. The molecule has 1 aromatic carbocycles. The second-order valence-electron chi connectivity index (χ2n) is 5.93. The molecule has 2 amide bonds. The van der Waals surface area contributed by atoms with Gasteiger partial charge in [0.25, 0.3) is 0 Å².